The minimum atomic E-state index is -0.815. The first-order chi connectivity index (χ1) is 9.15. The van der Waals surface area contributed by atoms with Crippen LogP contribution in [0.1, 0.15) is 43.2 Å². The van der Waals surface area contributed by atoms with E-state index in [2.05, 4.69) is 0 Å². The largest absolute Gasteiger partial charge is 0.481 e. The summed E-state index contributed by atoms with van der Waals surface area (Å²) < 4.78 is 0. The molecule has 0 bridgehead atoms. The van der Waals surface area contributed by atoms with E-state index in [1.165, 1.54) is 6.42 Å². The number of hydrogen-bond donors (Lipinski definition) is 2. The van der Waals surface area contributed by atoms with E-state index in [-0.39, 0.29) is 12.5 Å². The molecule has 1 aliphatic rings. The molecule has 3 heteroatoms. The van der Waals surface area contributed by atoms with Crippen LogP contribution < -0.4 is 0 Å². The predicted octanol–water partition coefficient (Wildman–Crippen LogP) is 3.02. The van der Waals surface area contributed by atoms with Crippen molar-refractivity contribution in [2.24, 2.45) is 0 Å². The Morgan fingerprint density at radius 1 is 1.21 bits per heavy atom. The zero-order valence-corrected chi connectivity index (χ0v) is 11.0. The van der Waals surface area contributed by atoms with Crippen LogP contribution in [0.4, 0.5) is 0 Å². The highest BCUT2D eigenvalue weighted by Crippen LogP contribution is 2.24. The van der Waals surface area contributed by atoms with Gasteiger partial charge in [-0.2, -0.15) is 0 Å². The van der Waals surface area contributed by atoms with Crippen LogP contribution in [0.15, 0.2) is 29.8 Å². The van der Waals surface area contributed by atoms with Gasteiger partial charge in [-0.1, -0.05) is 43.2 Å². The van der Waals surface area contributed by atoms with Crippen molar-refractivity contribution in [2.75, 3.05) is 0 Å². The number of benzene rings is 1. The predicted molar refractivity (Wildman–Crippen MR) is 74.9 cm³/mol. The van der Waals surface area contributed by atoms with E-state index in [1.54, 1.807) is 0 Å². The van der Waals surface area contributed by atoms with Gasteiger partial charge in [0.1, 0.15) is 0 Å². The Balaban J connectivity index is 2.10. The second-order valence-electron chi connectivity index (χ2n) is 5.15. The molecule has 19 heavy (non-hydrogen) atoms. The highest BCUT2D eigenvalue weighted by molar-refractivity contribution is 5.70. The molecule has 2 rings (SSSR count). The van der Waals surface area contributed by atoms with Crippen LogP contribution in [0, 0.1) is 0 Å². The maximum absolute atomic E-state index is 10.6. The van der Waals surface area contributed by atoms with E-state index in [4.69, 9.17) is 5.11 Å². The number of rotatable bonds is 3. The van der Waals surface area contributed by atoms with Crippen LogP contribution in [0.2, 0.25) is 0 Å². The minimum absolute atomic E-state index is 0.0550. The lowest BCUT2D eigenvalue weighted by Crippen LogP contribution is -2.07. The summed E-state index contributed by atoms with van der Waals surface area (Å²) in [4.78, 5) is 10.6. The van der Waals surface area contributed by atoms with Gasteiger partial charge in [0, 0.05) is 0 Å². The summed E-state index contributed by atoms with van der Waals surface area (Å²) in [5, 5.41) is 18.8. The molecule has 3 nitrogen and oxygen atoms in total. The Morgan fingerprint density at radius 3 is 2.63 bits per heavy atom. The van der Waals surface area contributed by atoms with E-state index in [0.29, 0.717) is 0 Å². The van der Waals surface area contributed by atoms with Gasteiger partial charge in [0.25, 0.3) is 0 Å². The number of carbonyl (C=O) groups is 1. The molecule has 1 fully saturated rings. The number of carboxylic acid groups (broad SMARTS) is 1. The fourth-order valence-corrected chi connectivity index (χ4v) is 2.48. The first-order valence-electron chi connectivity index (χ1n) is 6.84. The van der Waals surface area contributed by atoms with E-state index in [0.717, 1.165) is 42.4 Å². The SMILES string of the molecule is O=C(O)Cc1ccc(C=C2CCCCCC2O)cc1. The van der Waals surface area contributed by atoms with Crippen molar-refractivity contribution < 1.29 is 15.0 Å². The van der Waals surface area contributed by atoms with Crippen LogP contribution in [0.3, 0.4) is 0 Å². The van der Waals surface area contributed by atoms with E-state index < -0.39 is 5.97 Å². The van der Waals surface area contributed by atoms with Gasteiger partial charge >= 0.3 is 5.97 Å². The van der Waals surface area contributed by atoms with Crippen LogP contribution in [0.5, 0.6) is 0 Å². The average molecular weight is 260 g/mol. The zero-order chi connectivity index (χ0) is 13.7. The van der Waals surface area contributed by atoms with Crippen molar-refractivity contribution in [1.29, 1.82) is 0 Å². The Kier molecular flexibility index (Phi) is 4.74. The van der Waals surface area contributed by atoms with Crippen LogP contribution in [-0.4, -0.2) is 22.3 Å². The molecular formula is C16H20O3. The second-order valence-corrected chi connectivity index (χ2v) is 5.15. The standard InChI is InChI=1S/C16H20O3/c17-15-5-3-1-2-4-14(15)10-12-6-8-13(9-7-12)11-16(18)19/h6-10,15,17H,1-5,11H2,(H,18,19). The highest BCUT2D eigenvalue weighted by atomic mass is 16.4. The molecule has 1 aliphatic carbocycles. The molecule has 1 aromatic rings. The first kappa shape index (κ1) is 13.8. The first-order valence-corrected chi connectivity index (χ1v) is 6.84. The molecule has 2 N–H and O–H groups in total. The van der Waals surface area contributed by atoms with Gasteiger partial charge in [-0.3, -0.25) is 4.79 Å². The zero-order valence-electron chi connectivity index (χ0n) is 11.0. The molecule has 1 aromatic carbocycles. The normalized spacial score (nSPS) is 22.2. The van der Waals surface area contributed by atoms with Gasteiger partial charge in [-0.15, -0.1) is 0 Å². The minimum Gasteiger partial charge on any atom is -0.481 e. The molecule has 0 aromatic heterocycles. The van der Waals surface area contributed by atoms with Crippen molar-refractivity contribution in [2.45, 2.75) is 44.6 Å². The van der Waals surface area contributed by atoms with Gasteiger partial charge in [0.2, 0.25) is 0 Å². The number of carboxylic acids is 1. The molecule has 0 amide bonds. The summed E-state index contributed by atoms with van der Waals surface area (Å²) in [5.41, 5.74) is 2.93. The van der Waals surface area contributed by atoms with E-state index >= 15 is 0 Å². The molecular weight excluding hydrogens is 240 g/mol. The Hall–Kier alpha value is -1.61. The molecule has 102 valence electrons. The molecule has 1 atom stereocenters. The summed E-state index contributed by atoms with van der Waals surface area (Å²) >= 11 is 0. The van der Waals surface area contributed by atoms with Crippen molar-refractivity contribution >= 4 is 12.0 Å². The summed E-state index contributed by atoms with van der Waals surface area (Å²) in [6.07, 6.45) is 7.00. The average Bonchev–Trinajstić information content (AvgIpc) is 2.57. The van der Waals surface area contributed by atoms with Crippen LogP contribution in [0.25, 0.3) is 6.08 Å². The third-order valence-electron chi connectivity index (χ3n) is 3.56. The van der Waals surface area contributed by atoms with Gasteiger partial charge in [0.05, 0.1) is 12.5 Å². The van der Waals surface area contributed by atoms with E-state index in [9.17, 15) is 9.90 Å². The fraction of sp³-hybridized carbons (Fsp3) is 0.438. The van der Waals surface area contributed by atoms with Gasteiger partial charge < -0.3 is 10.2 Å². The van der Waals surface area contributed by atoms with Gasteiger partial charge in [-0.25, -0.2) is 0 Å². The fourth-order valence-electron chi connectivity index (χ4n) is 2.48. The maximum atomic E-state index is 10.6. The van der Waals surface area contributed by atoms with Crippen molar-refractivity contribution in [3.8, 4) is 0 Å². The molecule has 0 saturated heterocycles. The number of aliphatic hydroxyl groups excluding tert-OH is 1. The highest BCUT2D eigenvalue weighted by Gasteiger charge is 2.14. The third-order valence-corrected chi connectivity index (χ3v) is 3.56. The van der Waals surface area contributed by atoms with Crippen LogP contribution >= 0.6 is 0 Å². The summed E-state index contributed by atoms with van der Waals surface area (Å²) in [5.74, 6) is -0.815. The molecule has 0 radical (unpaired) electrons. The molecule has 0 heterocycles. The molecule has 1 unspecified atom stereocenters. The topological polar surface area (TPSA) is 57.5 Å². The van der Waals surface area contributed by atoms with Gasteiger partial charge in [0.15, 0.2) is 0 Å². The van der Waals surface area contributed by atoms with Crippen molar-refractivity contribution in [1.82, 2.24) is 0 Å². The Bertz CT molecular complexity index is 459. The Labute approximate surface area is 113 Å². The maximum Gasteiger partial charge on any atom is 0.307 e. The summed E-state index contributed by atoms with van der Waals surface area (Å²) in [6.45, 7) is 0. The quantitative estimate of drug-likeness (QED) is 0.821. The lowest BCUT2D eigenvalue weighted by molar-refractivity contribution is -0.136. The van der Waals surface area contributed by atoms with Crippen molar-refractivity contribution in [3.63, 3.8) is 0 Å². The number of aliphatic carboxylic acids is 1. The van der Waals surface area contributed by atoms with E-state index in [1.807, 2.05) is 30.3 Å². The second kappa shape index (κ2) is 6.53. The lowest BCUT2D eigenvalue weighted by atomic mass is 10.0. The number of hydrogen-bond acceptors (Lipinski definition) is 2. The lowest BCUT2D eigenvalue weighted by Gasteiger charge is -2.11. The Morgan fingerprint density at radius 2 is 1.95 bits per heavy atom. The summed E-state index contributed by atoms with van der Waals surface area (Å²) in [6, 6.07) is 7.51. The molecule has 0 spiro atoms. The smallest absolute Gasteiger partial charge is 0.307 e. The monoisotopic (exact) mass is 260 g/mol. The number of aliphatic hydroxyl groups is 1. The van der Waals surface area contributed by atoms with Crippen molar-refractivity contribution in [3.05, 3.63) is 41.0 Å². The third kappa shape index (κ3) is 4.21. The van der Waals surface area contributed by atoms with Crippen LogP contribution in [-0.2, 0) is 11.2 Å². The molecule has 1 saturated carbocycles. The summed E-state index contributed by atoms with van der Waals surface area (Å²) in [7, 11) is 0. The molecule has 0 aliphatic heterocycles. The van der Waals surface area contributed by atoms with Gasteiger partial charge in [-0.05, 0) is 36.0 Å².